The van der Waals surface area contributed by atoms with Crippen molar-refractivity contribution in [3.8, 4) is 0 Å². The number of carboxylic acids is 1. The fourth-order valence-corrected chi connectivity index (χ4v) is 4.95. The van der Waals surface area contributed by atoms with Crippen LogP contribution >= 0.6 is 0 Å². The van der Waals surface area contributed by atoms with Gasteiger partial charge in [0.1, 0.15) is 0 Å². The van der Waals surface area contributed by atoms with Gasteiger partial charge >= 0.3 is 5.97 Å². The minimum absolute atomic E-state index is 0.0792. The Hall–Kier alpha value is -0.580. The molecule has 0 spiro atoms. The molecule has 4 nitrogen and oxygen atoms in total. The van der Waals surface area contributed by atoms with Crippen LogP contribution in [0.5, 0.6) is 0 Å². The summed E-state index contributed by atoms with van der Waals surface area (Å²) in [6, 6.07) is 0. The molecule has 2 fully saturated rings. The van der Waals surface area contributed by atoms with E-state index in [1.165, 1.54) is 0 Å². The molecule has 2 aliphatic carbocycles. The van der Waals surface area contributed by atoms with E-state index in [0.29, 0.717) is 12.8 Å². The molecule has 2 atom stereocenters. The summed E-state index contributed by atoms with van der Waals surface area (Å²) >= 11 is 0. The first-order valence-corrected chi connectivity index (χ1v) is 7.05. The van der Waals surface area contributed by atoms with E-state index in [1.807, 2.05) is 6.92 Å². The third kappa shape index (κ3) is 1.57. The number of hydrogen-bond donors (Lipinski definition) is 1. The number of hydrogen-bond acceptors (Lipinski definition) is 3. The van der Waals surface area contributed by atoms with Crippen molar-refractivity contribution >= 4 is 15.8 Å². The van der Waals surface area contributed by atoms with Crippen LogP contribution in [0.1, 0.15) is 32.6 Å². The lowest BCUT2D eigenvalue weighted by atomic mass is 10.2. The van der Waals surface area contributed by atoms with Gasteiger partial charge in [-0.1, -0.05) is 13.3 Å². The quantitative estimate of drug-likeness (QED) is 0.769. The molecule has 0 heterocycles. The van der Waals surface area contributed by atoms with Gasteiger partial charge in [-0.2, -0.15) is 0 Å². The molecule has 15 heavy (non-hydrogen) atoms. The topological polar surface area (TPSA) is 71.4 Å². The summed E-state index contributed by atoms with van der Waals surface area (Å²) in [7, 11) is -3.45. The summed E-state index contributed by atoms with van der Waals surface area (Å²) in [5, 5.41) is 9.10. The van der Waals surface area contributed by atoms with Gasteiger partial charge < -0.3 is 5.11 Å². The van der Waals surface area contributed by atoms with Gasteiger partial charge in [0.15, 0.2) is 14.6 Å². The Bertz CT molecular complexity index is 382. The average Bonchev–Trinajstić information content (AvgIpc) is 2.96. The molecule has 0 aromatic rings. The van der Waals surface area contributed by atoms with E-state index in [2.05, 4.69) is 0 Å². The molecule has 2 unspecified atom stereocenters. The molecule has 2 rings (SSSR count). The number of carboxylic acid groups (broad SMARTS) is 1. The Balaban J connectivity index is 2.22. The van der Waals surface area contributed by atoms with Gasteiger partial charge in [0.25, 0.3) is 0 Å². The summed E-state index contributed by atoms with van der Waals surface area (Å²) in [5.41, 5.74) is 0. The SMILES string of the molecule is CCC1CC1(C(=O)O)S(=O)(=O)CC1CC1. The summed E-state index contributed by atoms with van der Waals surface area (Å²) in [5.74, 6) is -1.01. The summed E-state index contributed by atoms with van der Waals surface area (Å²) in [6.07, 6.45) is 2.82. The molecule has 5 heteroatoms. The second-order valence-electron chi connectivity index (χ2n) is 4.73. The minimum atomic E-state index is -3.45. The minimum Gasteiger partial charge on any atom is -0.480 e. The second-order valence-corrected chi connectivity index (χ2v) is 7.02. The van der Waals surface area contributed by atoms with E-state index in [-0.39, 0.29) is 17.6 Å². The molecule has 1 N–H and O–H groups in total. The van der Waals surface area contributed by atoms with Crippen molar-refractivity contribution in [2.75, 3.05) is 5.75 Å². The molecular formula is C10H16O4S. The van der Waals surface area contributed by atoms with Crippen LogP contribution in [0, 0.1) is 11.8 Å². The van der Waals surface area contributed by atoms with Gasteiger partial charge in [0.05, 0.1) is 5.75 Å². The van der Waals surface area contributed by atoms with Crippen LogP contribution in [0.15, 0.2) is 0 Å². The lowest BCUT2D eigenvalue weighted by molar-refractivity contribution is -0.137. The van der Waals surface area contributed by atoms with Gasteiger partial charge in [-0.25, -0.2) is 8.42 Å². The Morgan fingerprint density at radius 3 is 2.40 bits per heavy atom. The molecule has 0 aromatic heterocycles. The van der Waals surface area contributed by atoms with E-state index in [4.69, 9.17) is 5.11 Å². The maximum Gasteiger partial charge on any atom is 0.325 e. The number of rotatable bonds is 5. The number of sulfone groups is 1. The van der Waals surface area contributed by atoms with Crippen LogP contribution in [0.2, 0.25) is 0 Å². The largest absolute Gasteiger partial charge is 0.480 e. The van der Waals surface area contributed by atoms with Crippen LogP contribution in [0.3, 0.4) is 0 Å². The lowest BCUT2D eigenvalue weighted by Gasteiger charge is -2.12. The molecule has 0 aromatic carbocycles. The maximum absolute atomic E-state index is 12.0. The van der Waals surface area contributed by atoms with Crippen molar-refractivity contribution in [1.82, 2.24) is 0 Å². The van der Waals surface area contributed by atoms with Gasteiger partial charge in [0, 0.05) is 0 Å². The highest BCUT2D eigenvalue weighted by molar-refractivity contribution is 7.93. The van der Waals surface area contributed by atoms with E-state index in [0.717, 1.165) is 12.8 Å². The van der Waals surface area contributed by atoms with Crippen LogP contribution in [-0.4, -0.2) is 30.0 Å². The zero-order valence-corrected chi connectivity index (χ0v) is 9.59. The van der Waals surface area contributed by atoms with Gasteiger partial charge in [0.2, 0.25) is 0 Å². The molecule has 86 valence electrons. The van der Waals surface area contributed by atoms with Crippen molar-refractivity contribution in [2.45, 2.75) is 37.4 Å². The molecule has 0 bridgehead atoms. The number of aliphatic carboxylic acids is 1. The first kappa shape index (κ1) is 10.9. The fourth-order valence-electron chi connectivity index (χ4n) is 2.30. The standard InChI is InChI=1S/C10H16O4S/c1-2-8-5-10(8,9(11)12)15(13,14)6-7-3-4-7/h7-8H,2-6H2,1H3,(H,11,12). The highest BCUT2D eigenvalue weighted by Gasteiger charge is 2.68. The smallest absolute Gasteiger partial charge is 0.325 e. The van der Waals surface area contributed by atoms with Crippen LogP contribution in [-0.2, 0) is 14.6 Å². The monoisotopic (exact) mass is 232 g/mol. The molecular weight excluding hydrogens is 216 g/mol. The van der Waals surface area contributed by atoms with E-state index in [9.17, 15) is 13.2 Å². The van der Waals surface area contributed by atoms with Gasteiger partial charge in [-0.05, 0) is 31.1 Å². The van der Waals surface area contributed by atoms with Gasteiger partial charge in [-0.3, -0.25) is 4.79 Å². The normalized spacial score (nSPS) is 35.1. The van der Waals surface area contributed by atoms with Crippen molar-refractivity contribution in [2.24, 2.45) is 11.8 Å². The van der Waals surface area contributed by atoms with E-state index < -0.39 is 20.6 Å². The zero-order chi connectivity index (χ0) is 11.3. The highest BCUT2D eigenvalue weighted by Crippen LogP contribution is 2.54. The third-order valence-electron chi connectivity index (χ3n) is 3.61. The van der Waals surface area contributed by atoms with E-state index in [1.54, 1.807) is 0 Å². The predicted octanol–water partition coefficient (Wildman–Crippen LogP) is 1.06. The summed E-state index contributed by atoms with van der Waals surface area (Å²) in [4.78, 5) is 11.1. The van der Waals surface area contributed by atoms with E-state index >= 15 is 0 Å². The Kier molecular flexibility index (Phi) is 2.33. The maximum atomic E-state index is 12.0. The van der Waals surface area contributed by atoms with Crippen molar-refractivity contribution in [3.05, 3.63) is 0 Å². The second kappa shape index (κ2) is 3.20. The fraction of sp³-hybridized carbons (Fsp3) is 0.900. The van der Waals surface area contributed by atoms with Crippen molar-refractivity contribution in [1.29, 1.82) is 0 Å². The van der Waals surface area contributed by atoms with Crippen LogP contribution < -0.4 is 0 Å². The first-order chi connectivity index (χ1) is 6.94. The lowest BCUT2D eigenvalue weighted by Crippen LogP contribution is -2.37. The first-order valence-electron chi connectivity index (χ1n) is 5.39. The predicted molar refractivity (Wildman–Crippen MR) is 55.3 cm³/mol. The molecule has 0 aliphatic heterocycles. The number of carbonyl (C=O) groups is 1. The Labute approximate surface area is 89.6 Å². The van der Waals surface area contributed by atoms with Crippen LogP contribution in [0.25, 0.3) is 0 Å². The summed E-state index contributed by atoms with van der Waals surface area (Å²) < 4.78 is 22.6. The van der Waals surface area contributed by atoms with Gasteiger partial charge in [-0.15, -0.1) is 0 Å². The molecule has 0 amide bonds. The Morgan fingerprint density at radius 2 is 2.07 bits per heavy atom. The molecule has 0 saturated heterocycles. The van der Waals surface area contributed by atoms with Crippen LogP contribution in [0.4, 0.5) is 0 Å². The molecule has 2 saturated carbocycles. The Morgan fingerprint density at radius 1 is 1.47 bits per heavy atom. The summed E-state index contributed by atoms with van der Waals surface area (Å²) in [6.45, 7) is 1.85. The zero-order valence-electron chi connectivity index (χ0n) is 8.77. The average molecular weight is 232 g/mol. The highest BCUT2D eigenvalue weighted by atomic mass is 32.2. The molecule has 0 radical (unpaired) electrons. The molecule has 2 aliphatic rings. The third-order valence-corrected chi connectivity index (χ3v) is 6.31. The van der Waals surface area contributed by atoms with Crippen molar-refractivity contribution in [3.63, 3.8) is 0 Å². The van der Waals surface area contributed by atoms with Crippen molar-refractivity contribution < 1.29 is 18.3 Å².